The lowest BCUT2D eigenvalue weighted by Crippen LogP contribution is -2.34. The summed E-state index contributed by atoms with van der Waals surface area (Å²) in [5, 5.41) is 1.66. The van der Waals surface area contributed by atoms with E-state index >= 15 is 0 Å². The maximum atomic E-state index is 15.0. The zero-order chi connectivity index (χ0) is 26.8. The topological polar surface area (TPSA) is 91.8 Å². The van der Waals surface area contributed by atoms with Crippen LogP contribution in [0.4, 0.5) is 15.9 Å². The van der Waals surface area contributed by atoms with Gasteiger partial charge >= 0.3 is 0 Å². The maximum absolute atomic E-state index is 15.0. The number of carbonyl (C=O) groups is 1. The number of thiazole rings is 1. The third kappa shape index (κ3) is 6.23. The standard InChI is InChI=1S/C25H28ClFN4O4S2/c1-25(2,35-16-32)18-6-4-5-17(9-18)12-31-8-7-19(13-31)30(3)22-11-21(27)23(10-20(22)26)37(33,34)29-24-14-36-15-28-24/h4-6,9-11,14-16,19,29H,7-8,12-13H2,1-3H3/t19-/m0/s1. The second-order valence-electron chi connectivity index (χ2n) is 9.43. The number of carbonyl (C=O) groups excluding carboxylic acids is 1. The smallest absolute Gasteiger partial charge is 0.293 e. The van der Waals surface area contributed by atoms with Crippen molar-refractivity contribution >= 4 is 50.9 Å². The van der Waals surface area contributed by atoms with Crippen molar-refractivity contribution in [2.45, 2.75) is 43.4 Å². The van der Waals surface area contributed by atoms with Crippen LogP contribution in [-0.2, 0) is 31.7 Å². The van der Waals surface area contributed by atoms with Crippen molar-refractivity contribution in [1.29, 1.82) is 0 Å². The summed E-state index contributed by atoms with van der Waals surface area (Å²) < 4.78 is 47.8. The molecule has 1 aliphatic rings. The van der Waals surface area contributed by atoms with Crippen LogP contribution in [0.25, 0.3) is 0 Å². The molecule has 0 unspecified atom stereocenters. The third-order valence-corrected chi connectivity index (χ3v) is 8.77. The molecule has 1 aromatic heterocycles. The summed E-state index contributed by atoms with van der Waals surface area (Å²) in [5.74, 6) is -0.765. The number of likely N-dealkylation sites (N-methyl/N-ethyl adjacent to an activating group) is 1. The predicted molar refractivity (Wildman–Crippen MR) is 143 cm³/mol. The van der Waals surface area contributed by atoms with E-state index in [-0.39, 0.29) is 16.9 Å². The molecule has 1 atom stereocenters. The van der Waals surface area contributed by atoms with Crippen LogP contribution in [0.2, 0.25) is 5.02 Å². The van der Waals surface area contributed by atoms with E-state index in [1.807, 2.05) is 50.1 Å². The van der Waals surface area contributed by atoms with E-state index in [9.17, 15) is 17.6 Å². The molecule has 0 radical (unpaired) electrons. The molecule has 198 valence electrons. The van der Waals surface area contributed by atoms with Gasteiger partial charge in [0.25, 0.3) is 16.5 Å². The molecule has 0 amide bonds. The van der Waals surface area contributed by atoms with Crippen molar-refractivity contribution in [1.82, 2.24) is 9.88 Å². The highest BCUT2D eigenvalue weighted by molar-refractivity contribution is 7.92. The number of likely N-dealkylation sites (tertiary alicyclic amines) is 1. The number of rotatable bonds is 10. The molecule has 0 saturated carbocycles. The minimum atomic E-state index is -4.18. The van der Waals surface area contributed by atoms with Crippen LogP contribution in [0.1, 0.15) is 31.4 Å². The molecule has 3 aromatic rings. The molecule has 1 fully saturated rings. The van der Waals surface area contributed by atoms with Crippen molar-refractivity contribution in [3.05, 3.63) is 69.3 Å². The van der Waals surface area contributed by atoms with Crippen LogP contribution in [0.5, 0.6) is 0 Å². The minimum Gasteiger partial charge on any atom is -0.457 e. The fraction of sp³-hybridized carbons (Fsp3) is 0.360. The van der Waals surface area contributed by atoms with Crippen molar-refractivity contribution in [3.63, 3.8) is 0 Å². The van der Waals surface area contributed by atoms with E-state index in [4.69, 9.17) is 16.3 Å². The lowest BCUT2D eigenvalue weighted by Gasteiger charge is -2.28. The Balaban J connectivity index is 1.45. The summed E-state index contributed by atoms with van der Waals surface area (Å²) in [6, 6.07) is 10.3. The van der Waals surface area contributed by atoms with Gasteiger partial charge in [-0.05, 0) is 37.5 Å². The first-order chi connectivity index (χ1) is 17.5. The van der Waals surface area contributed by atoms with Gasteiger partial charge in [0.05, 0.1) is 16.2 Å². The molecule has 2 heterocycles. The lowest BCUT2D eigenvalue weighted by atomic mass is 9.96. The lowest BCUT2D eigenvalue weighted by molar-refractivity contribution is -0.141. The number of ether oxygens (including phenoxy) is 1. The maximum Gasteiger partial charge on any atom is 0.293 e. The molecule has 37 heavy (non-hydrogen) atoms. The molecule has 1 aliphatic heterocycles. The quantitative estimate of drug-likeness (QED) is 0.351. The van der Waals surface area contributed by atoms with Gasteiger partial charge in [-0.1, -0.05) is 35.9 Å². The normalized spacial score (nSPS) is 16.5. The Labute approximate surface area is 225 Å². The summed E-state index contributed by atoms with van der Waals surface area (Å²) in [7, 11) is -2.35. The molecular weight excluding hydrogens is 539 g/mol. The van der Waals surface area contributed by atoms with Gasteiger partial charge in [0.2, 0.25) is 0 Å². The van der Waals surface area contributed by atoms with Crippen LogP contribution >= 0.6 is 22.9 Å². The molecule has 1 saturated heterocycles. The van der Waals surface area contributed by atoms with Crippen LogP contribution < -0.4 is 9.62 Å². The first kappa shape index (κ1) is 27.3. The highest BCUT2D eigenvalue weighted by atomic mass is 35.5. The van der Waals surface area contributed by atoms with E-state index in [0.29, 0.717) is 18.7 Å². The molecular formula is C25H28ClFN4O4S2. The zero-order valence-electron chi connectivity index (χ0n) is 20.6. The monoisotopic (exact) mass is 566 g/mol. The number of anilines is 2. The van der Waals surface area contributed by atoms with Gasteiger partial charge in [-0.15, -0.1) is 11.3 Å². The second kappa shape index (κ2) is 10.9. The summed E-state index contributed by atoms with van der Waals surface area (Å²) in [6.45, 7) is 6.40. The average Bonchev–Trinajstić information content (AvgIpc) is 3.52. The van der Waals surface area contributed by atoms with Gasteiger partial charge in [-0.2, -0.15) is 0 Å². The van der Waals surface area contributed by atoms with Crippen molar-refractivity contribution < 1.29 is 22.3 Å². The summed E-state index contributed by atoms with van der Waals surface area (Å²) >= 11 is 7.67. The molecule has 2 aromatic carbocycles. The van der Waals surface area contributed by atoms with Gasteiger partial charge < -0.3 is 9.64 Å². The Morgan fingerprint density at radius 1 is 1.35 bits per heavy atom. The Kier molecular flexibility index (Phi) is 8.08. The predicted octanol–water partition coefficient (Wildman–Crippen LogP) is 4.86. The number of hydrogen-bond donors (Lipinski definition) is 1. The first-order valence-corrected chi connectivity index (χ1v) is 14.4. The Morgan fingerprint density at radius 2 is 2.14 bits per heavy atom. The van der Waals surface area contributed by atoms with E-state index in [2.05, 4.69) is 14.6 Å². The fourth-order valence-corrected chi connectivity index (χ4v) is 6.42. The fourth-order valence-electron chi connectivity index (χ4n) is 4.41. The van der Waals surface area contributed by atoms with Gasteiger partial charge in [-0.3, -0.25) is 14.4 Å². The number of benzene rings is 2. The van der Waals surface area contributed by atoms with Gasteiger partial charge in [0, 0.05) is 44.2 Å². The van der Waals surface area contributed by atoms with E-state index in [1.165, 1.54) is 28.3 Å². The number of sulfonamides is 1. The molecule has 0 spiro atoms. The van der Waals surface area contributed by atoms with Crippen molar-refractivity contribution in [2.24, 2.45) is 0 Å². The van der Waals surface area contributed by atoms with E-state index in [0.717, 1.165) is 36.7 Å². The van der Waals surface area contributed by atoms with Gasteiger partial charge in [0.1, 0.15) is 16.3 Å². The number of hydrogen-bond acceptors (Lipinski definition) is 8. The van der Waals surface area contributed by atoms with Crippen LogP contribution in [0, 0.1) is 5.82 Å². The molecule has 8 nitrogen and oxygen atoms in total. The summed E-state index contributed by atoms with van der Waals surface area (Å²) in [6.07, 6.45) is 0.833. The molecule has 0 bridgehead atoms. The molecule has 1 N–H and O–H groups in total. The highest BCUT2D eigenvalue weighted by Gasteiger charge is 2.30. The molecule has 12 heteroatoms. The van der Waals surface area contributed by atoms with Crippen molar-refractivity contribution in [3.8, 4) is 0 Å². The Hall–Kier alpha value is -2.73. The van der Waals surface area contributed by atoms with E-state index < -0.39 is 26.3 Å². The second-order valence-corrected chi connectivity index (χ2v) is 12.2. The summed E-state index contributed by atoms with van der Waals surface area (Å²) in [4.78, 5) is 18.4. The van der Waals surface area contributed by atoms with Crippen LogP contribution in [0.3, 0.4) is 0 Å². The number of halogens is 2. The van der Waals surface area contributed by atoms with Gasteiger partial charge in [0.15, 0.2) is 5.82 Å². The average molecular weight is 567 g/mol. The number of nitrogens with one attached hydrogen (secondary N) is 1. The largest absolute Gasteiger partial charge is 0.457 e. The minimum absolute atomic E-state index is 0.0607. The molecule has 4 rings (SSSR count). The van der Waals surface area contributed by atoms with E-state index in [1.54, 1.807) is 0 Å². The molecule has 0 aliphatic carbocycles. The number of nitrogens with zero attached hydrogens (tertiary/aromatic N) is 3. The first-order valence-electron chi connectivity index (χ1n) is 11.6. The third-order valence-electron chi connectivity index (χ3n) is 6.51. The van der Waals surface area contributed by atoms with Crippen molar-refractivity contribution in [2.75, 3.05) is 29.8 Å². The highest BCUT2D eigenvalue weighted by Crippen LogP contribution is 2.34. The SMILES string of the molecule is CN(c1cc(F)c(S(=O)(=O)Nc2cscn2)cc1Cl)[C@H]1CCN(Cc2cccc(C(C)(C)OC=O)c2)C1. The number of aromatic nitrogens is 1. The Bertz CT molecular complexity index is 1370. The zero-order valence-corrected chi connectivity index (χ0v) is 23.0. The van der Waals surface area contributed by atoms with Crippen LogP contribution in [0.15, 0.2) is 52.2 Å². The Morgan fingerprint density at radius 3 is 2.84 bits per heavy atom. The van der Waals surface area contributed by atoms with Gasteiger partial charge in [-0.25, -0.2) is 17.8 Å². The van der Waals surface area contributed by atoms with Crippen LogP contribution in [-0.4, -0.2) is 51.0 Å². The summed E-state index contributed by atoms with van der Waals surface area (Å²) in [5.41, 5.74) is 3.18.